The highest BCUT2D eigenvalue weighted by Crippen LogP contribution is 2.19. The lowest BCUT2D eigenvalue weighted by atomic mass is 10.00. The predicted molar refractivity (Wildman–Crippen MR) is 70.9 cm³/mol. The van der Waals surface area contributed by atoms with Crippen LogP contribution in [0.3, 0.4) is 0 Å². The molecule has 0 aliphatic carbocycles. The maximum absolute atomic E-state index is 11.7. The molecule has 1 aliphatic rings. The van der Waals surface area contributed by atoms with Gasteiger partial charge in [-0.2, -0.15) is 0 Å². The van der Waals surface area contributed by atoms with E-state index in [2.05, 4.69) is 10.1 Å². The summed E-state index contributed by atoms with van der Waals surface area (Å²) in [5, 5.41) is 2.64. The molecule has 1 N–H and O–H groups in total. The highest BCUT2D eigenvalue weighted by Gasteiger charge is 2.37. The third-order valence-corrected chi connectivity index (χ3v) is 2.76. The SMILES string of the molecule is COC(=O)CCNC(=O)C1CN(C(=O)OC(C)(C)C)C1. The number of hydrogen-bond donors (Lipinski definition) is 1. The molecule has 114 valence electrons. The normalized spacial score (nSPS) is 15.3. The molecule has 1 fully saturated rings. The number of amides is 2. The summed E-state index contributed by atoms with van der Waals surface area (Å²) in [4.78, 5) is 35.7. The first-order valence-corrected chi connectivity index (χ1v) is 6.55. The van der Waals surface area contributed by atoms with Gasteiger partial charge in [0, 0.05) is 19.6 Å². The van der Waals surface area contributed by atoms with E-state index in [4.69, 9.17) is 4.74 Å². The second-order valence-corrected chi connectivity index (χ2v) is 5.70. The number of carbonyl (C=O) groups excluding carboxylic acids is 3. The first-order chi connectivity index (χ1) is 9.23. The van der Waals surface area contributed by atoms with Crippen LogP contribution in [0.1, 0.15) is 27.2 Å². The quantitative estimate of drug-likeness (QED) is 0.762. The summed E-state index contributed by atoms with van der Waals surface area (Å²) in [5.41, 5.74) is -0.537. The Labute approximate surface area is 118 Å². The van der Waals surface area contributed by atoms with E-state index in [1.165, 1.54) is 12.0 Å². The molecule has 1 saturated heterocycles. The van der Waals surface area contributed by atoms with Gasteiger partial charge in [-0.15, -0.1) is 0 Å². The molecule has 0 aromatic rings. The van der Waals surface area contributed by atoms with E-state index in [0.717, 1.165) is 0 Å². The summed E-state index contributed by atoms with van der Waals surface area (Å²) >= 11 is 0. The van der Waals surface area contributed by atoms with Crippen LogP contribution in [-0.2, 0) is 19.1 Å². The van der Waals surface area contributed by atoms with Gasteiger partial charge in [0.1, 0.15) is 5.60 Å². The van der Waals surface area contributed by atoms with Crippen molar-refractivity contribution in [3.63, 3.8) is 0 Å². The van der Waals surface area contributed by atoms with Gasteiger partial charge < -0.3 is 19.7 Å². The average molecular weight is 286 g/mol. The van der Waals surface area contributed by atoms with E-state index in [9.17, 15) is 14.4 Å². The molecular formula is C13H22N2O5. The Morgan fingerprint density at radius 2 is 1.85 bits per heavy atom. The first-order valence-electron chi connectivity index (χ1n) is 6.55. The van der Waals surface area contributed by atoms with Crippen LogP contribution in [0.15, 0.2) is 0 Å². The van der Waals surface area contributed by atoms with E-state index < -0.39 is 11.7 Å². The summed E-state index contributed by atoms with van der Waals surface area (Å²) < 4.78 is 9.66. The number of ether oxygens (including phenoxy) is 2. The summed E-state index contributed by atoms with van der Waals surface area (Å²) in [6.07, 6.45) is -0.263. The third kappa shape index (κ3) is 5.07. The topological polar surface area (TPSA) is 84.9 Å². The van der Waals surface area contributed by atoms with E-state index in [1.807, 2.05) is 0 Å². The molecule has 1 heterocycles. The van der Waals surface area contributed by atoms with Crippen molar-refractivity contribution in [1.29, 1.82) is 0 Å². The van der Waals surface area contributed by atoms with Crippen LogP contribution in [0.25, 0.3) is 0 Å². The molecule has 0 spiro atoms. The van der Waals surface area contributed by atoms with Gasteiger partial charge in [-0.3, -0.25) is 9.59 Å². The Hall–Kier alpha value is -1.79. The molecule has 0 saturated carbocycles. The van der Waals surface area contributed by atoms with Crippen molar-refractivity contribution in [2.45, 2.75) is 32.8 Å². The predicted octanol–water partition coefficient (Wildman–Crippen LogP) is 0.533. The minimum Gasteiger partial charge on any atom is -0.469 e. The fourth-order valence-corrected chi connectivity index (χ4v) is 1.65. The van der Waals surface area contributed by atoms with E-state index in [0.29, 0.717) is 13.1 Å². The van der Waals surface area contributed by atoms with Gasteiger partial charge in [0.2, 0.25) is 5.91 Å². The van der Waals surface area contributed by atoms with Gasteiger partial charge in [0.25, 0.3) is 0 Å². The highest BCUT2D eigenvalue weighted by molar-refractivity contribution is 5.83. The number of carbonyl (C=O) groups is 3. The Morgan fingerprint density at radius 1 is 1.25 bits per heavy atom. The highest BCUT2D eigenvalue weighted by atomic mass is 16.6. The van der Waals surface area contributed by atoms with E-state index in [1.54, 1.807) is 20.8 Å². The van der Waals surface area contributed by atoms with Gasteiger partial charge in [-0.05, 0) is 20.8 Å². The Kier molecular flexibility index (Phi) is 5.35. The van der Waals surface area contributed by atoms with Crippen LogP contribution in [0.5, 0.6) is 0 Å². The van der Waals surface area contributed by atoms with Crippen molar-refractivity contribution in [3.05, 3.63) is 0 Å². The number of likely N-dealkylation sites (tertiary alicyclic amines) is 1. The van der Waals surface area contributed by atoms with E-state index >= 15 is 0 Å². The minimum absolute atomic E-state index is 0.144. The minimum atomic E-state index is -0.537. The molecule has 7 nitrogen and oxygen atoms in total. The monoisotopic (exact) mass is 286 g/mol. The molecule has 0 atom stereocenters. The standard InChI is InChI=1S/C13H22N2O5/c1-13(2,3)20-12(18)15-7-9(8-15)11(17)14-6-5-10(16)19-4/h9H,5-8H2,1-4H3,(H,14,17). The van der Waals surface area contributed by atoms with Crippen LogP contribution in [0, 0.1) is 5.92 Å². The maximum Gasteiger partial charge on any atom is 0.410 e. The molecule has 0 unspecified atom stereocenters. The molecule has 2 amide bonds. The fourth-order valence-electron chi connectivity index (χ4n) is 1.65. The van der Waals surface area contributed by atoms with Gasteiger partial charge in [-0.25, -0.2) is 4.79 Å². The zero-order valence-corrected chi connectivity index (χ0v) is 12.4. The van der Waals surface area contributed by atoms with Crippen LogP contribution in [-0.4, -0.2) is 55.2 Å². The van der Waals surface area contributed by atoms with Crippen molar-refractivity contribution in [2.24, 2.45) is 5.92 Å². The number of hydrogen-bond acceptors (Lipinski definition) is 5. The van der Waals surface area contributed by atoms with Crippen molar-refractivity contribution < 1.29 is 23.9 Å². The molecule has 1 aliphatic heterocycles. The molecule has 0 aromatic carbocycles. The van der Waals surface area contributed by atoms with Crippen molar-refractivity contribution in [1.82, 2.24) is 10.2 Å². The maximum atomic E-state index is 11.7. The third-order valence-electron chi connectivity index (χ3n) is 2.76. The van der Waals surface area contributed by atoms with Crippen molar-refractivity contribution >= 4 is 18.0 Å². The second-order valence-electron chi connectivity index (χ2n) is 5.70. The van der Waals surface area contributed by atoms with Crippen LogP contribution >= 0.6 is 0 Å². The molecule has 1 rings (SSSR count). The second kappa shape index (κ2) is 6.58. The fraction of sp³-hybridized carbons (Fsp3) is 0.769. The summed E-state index contributed by atoms with van der Waals surface area (Å²) in [7, 11) is 1.30. The zero-order chi connectivity index (χ0) is 15.3. The molecular weight excluding hydrogens is 264 g/mol. The lowest BCUT2D eigenvalue weighted by Gasteiger charge is -2.38. The Balaban J connectivity index is 2.22. The summed E-state index contributed by atoms with van der Waals surface area (Å²) in [6, 6.07) is 0. The largest absolute Gasteiger partial charge is 0.469 e. The van der Waals surface area contributed by atoms with Crippen LogP contribution in [0.2, 0.25) is 0 Å². The van der Waals surface area contributed by atoms with Crippen LogP contribution in [0.4, 0.5) is 4.79 Å². The smallest absolute Gasteiger partial charge is 0.410 e. The van der Waals surface area contributed by atoms with Gasteiger partial charge >= 0.3 is 12.1 Å². The van der Waals surface area contributed by atoms with Gasteiger partial charge in [0.05, 0.1) is 19.4 Å². The van der Waals surface area contributed by atoms with Crippen molar-refractivity contribution in [2.75, 3.05) is 26.7 Å². The zero-order valence-electron chi connectivity index (χ0n) is 12.4. The number of nitrogens with zero attached hydrogens (tertiary/aromatic N) is 1. The van der Waals surface area contributed by atoms with Gasteiger partial charge in [-0.1, -0.05) is 0 Å². The molecule has 0 aromatic heterocycles. The number of methoxy groups -OCH3 is 1. The van der Waals surface area contributed by atoms with Crippen LogP contribution < -0.4 is 5.32 Å². The van der Waals surface area contributed by atoms with E-state index in [-0.39, 0.29) is 30.8 Å². The number of nitrogens with one attached hydrogen (secondary N) is 1. The average Bonchev–Trinajstić information content (AvgIpc) is 2.24. The summed E-state index contributed by atoms with van der Waals surface area (Å²) in [6.45, 7) is 6.32. The Bertz CT molecular complexity index is 383. The first kappa shape index (κ1) is 16.3. The number of esters is 1. The summed E-state index contributed by atoms with van der Waals surface area (Å²) in [5.74, 6) is -0.761. The lowest BCUT2D eigenvalue weighted by molar-refractivity contribution is -0.140. The molecule has 0 radical (unpaired) electrons. The number of rotatable bonds is 4. The Morgan fingerprint density at radius 3 is 2.35 bits per heavy atom. The molecule has 20 heavy (non-hydrogen) atoms. The van der Waals surface area contributed by atoms with Gasteiger partial charge in [0.15, 0.2) is 0 Å². The lowest BCUT2D eigenvalue weighted by Crippen LogP contribution is -2.56. The van der Waals surface area contributed by atoms with Crippen molar-refractivity contribution in [3.8, 4) is 0 Å². The molecule has 0 bridgehead atoms. The molecule has 7 heteroatoms.